The maximum atomic E-state index is 9.50. The maximum absolute atomic E-state index is 9.50. The summed E-state index contributed by atoms with van der Waals surface area (Å²) in [6, 6.07) is 11.9. The molecule has 2 N–H and O–H groups in total. The van der Waals surface area contributed by atoms with E-state index in [1.54, 1.807) is 0 Å². The van der Waals surface area contributed by atoms with Crippen LogP contribution in [0.4, 0.5) is 0 Å². The third kappa shape index (κ3) is 6.07. The fourth-order valence-electron chi connectivity index (χ4n) is 4.27. The molecular weight excluding hydrogens is 310 g/mol. The summed E-state index contributed by atoms with van der Waals surface area (Å²) < 4.78 is 0. The Balaban J connectivity index is 1.29. The van der Waals surface area contributed by atoms with E-state index in [-0.39, 0.29) is 0 Å². The molecule has 2 saturated heterocycles. The number of hydrogen-bond donors (Lipinski definition) is 2. The van der Waals surface area contributed by atoms with E-state index in [2.05, 4.69) is 45.4 Å². The molecule has 0 aromatic heterocycles. The minimum atomic E-state index is 0.319. The molecule has 2 aliphatic heterocycles. The predicted molar refractivity (Wildman–Crippen MR) is 104 cm³/mol. The number of rotatable bonds is 8. The van der Waals surface area contributed by atoms with Crippen molar-refractivity contribution in [2.75, 3.05) is 45.9 Å². The fourth-order valence-corrected chi connectivity index (χ4v) is 4.27. The number of benzene rings is 1. The highest BCUT2D eigenvalue weighted by molar-refractivity contribution is 5.14. The Morgan fingerprint density at radius 2 is 1.76 bits per heavy atom. The number of hydrogen-bond acceptors (Lipinski definition) is 4. The summed E-state index contributed by atoms with van der Waals surface area (Å²) in [5, 5.41) is 13.3. The summed E-state index contributed by atoms with van der Waals surface area (Å²) in [5.41, 5.74) is 1.45. The average Bonchev–Trinajstić information content (AvgIpc) is 2.68. The van der Waals surface area contributed by atoms with E-state index in [1.165, 1.54) is 50.9 Å². The smallest absolute Gasteiger partial charge is 0.0586 e. The van der Waals surface area contributed by atoms with Crippen molar-refractivity contribution in [2.45, 2.75) is 50.6 Å². The molecule has 0 spiro atoms. The van der Waals surface area contributed by atoms with Gasteiger partial charge in [-0.3, -0.25) is 4.90 Å². The van der Waals surface area contributed by atoms with Crippen LogP contribution in [0.25, 0.3) is 0 Å². The van der Waals surface area contributed by atoms with E-state index < -0.39 is 0 Å². The molecule has 0 bridgehead atoms. The molecule has 140 valence electrons. The van der Waals surface area contributed by atoms with Gasteiger partial charge < -0.3 is 15.3 Å². The summed E-state index contributed by atoms with van der Waals surface area (Å²) in [5.74, 6) is 0. The van der Waals surface area contributed by atoms with Crippen LogP contribution in [-0.2, 0) is 6.42 Å². The molecular formula is C21H35N3O. The molecule has 1 aromatic carbocycles. The zero-order valence-corrected chi connectivity index (χ0v) is 15.6. The number of nitrogens with zero attached hydrogens (tertiary/aromatic N) is 2. The summed E-state index contributed by atoms with van der Waals surface area (Å²) in [6.45, 7) is 7.24. The highest BCUT2D eigenvalue weighted by atomic mass is 16.3. The van der Waals surface area contributed by atoms with Crippen LogP contribution in [0.15, 0.2) is 30.3 Å². The van der Waals surface area contributed by atoms with Gasteiger partial charge in [0, 0.05) is 31.7 Å². The van der Waals surface area contributed by atoms with E-state index in [0.717, 1.165) is 32.5 Å². The first-order valence-electron chi connectivity index (χ1n) is 10.2. The van der Waals surface area contributed by atoms with Gasteiger partial charge in [0.25, 0.3) is 0 Å². The lowest BCUT2D eigenvalue weighted by molar-refractivity contribution is 0.0891. The van der Waals surface area contributed by atoms with Crippen LogP contribution in [0.3, 0.4) is 0 Å². The van der Waals surface area contributed by atoms with Crippen molar-refractivity contribution in [2.24, 2.45) is 0 Å². The summed E-state index contributed by atoms with van der Waals surface area (Å²) in [6.07, 6.45) is 7.41. The Bertz CT molecular complexity index is 473. The van der Waals surface area contributed by atoms with Crippen LogP contribution >= 0.6 is 0 Å². The van der Waals surface area contributed by atoms with Gasteiger partial charge in [-0.1, -0.05) is 36.8 Å². The average molecular weight is 346 g/mol. The minimum Gasteiger partial charge on any atom is -0.395 e. The SMILES string of the molecule is OCC1CCCCN1CCNC1CCN(CCc2ccccc2)CC1. The van der Waals surface area contributed by atoms with Crippen molar-refractivity contribution < 1.29 is 5.11 Å². The highest BCUT2D eigenvalue weighted by Gasteiger charge is 2.22. The third-order valence-electron chi connectivity index (χ3n) is 5.94. The van der Waals surface area contributed by atoms with E-state index >= 15 is 0 Å². The standard InChI is InChI=1S/C21H35N3O/c25-18-21-8-4-5-13-24(21)17-12-22-20-10-15-23(16-11-20)14-9-19-6-2-1-3-7-19/h1-3,6-7,20-22,25H,4-5,8-18H2. The number of aliphatic hydroxyl groups is 1. The van der Waals surface area contributed by atoms with Gasteiger partial charge in [-0.2, -0.15) is 0 Å². The number of aliphatic hydroxyl groups excluding tert-OH is 1. The molecule has 1 unspecified atom stereocenters. The van der Waals surface area contributed by atoms with Gasteiger partial charge in [-0.25, -0.2) is 0 Å². The highest BCUT2D eigenvalue weighted by Crippen LogP contribution is 2.16. The summed E-state index contributed by atoms with van der Waals surface area (Å²) in [7, 11) is 0. The van der Waals surface area contributed by atoms with Crippen LogP contribution in [0.2, 0.25) is 0 Å². The van der Waals surface area contributed by atoms with Gasteiger partial charge in [0.2, 0.25) is 0 Å². The lowest BCUT2D eigenvalue weighted by Crippen LogP contribution is -2.48. The Morgan fingerprint density at radius 1 is 0.960 bits per heavy atom. The molecule has 3 rings (SSSR count). The predicted octanol–water partition coefficient (Wildman–Crippen LogP) is 2.13. The normalized spacial score (nSPS) is 23.8. The number of likely N-dealkylation sites (tertiary alicyclic amines) is 2. The molecule has 1 atom stereocenters. The van der Waals surface area contributed by atoms with Crippen molar-refractivity contribution >= 4 is 0 Å². The molecule has 2 aliphatic rings. The van der Waals surface area contributed by atoms with Crippen LogP contribution < -0.4 is 5.32 Å². The zero-order valence-electron chi connectivity index (χ0n) is 15.6. The van der Waals surface area contributed by atoms with E-state index in [0.29, 0.717) is 18.7 Å². The third-order valence-corrected chi connectivity index (χ3v) is 5.94. The van der Waals surface area contributed by atoms with Crippen LogP contribution in [-0.4, -0.2) is 72.9 Å². The van der Waals surface area contributed by atoms with Crippen LogP contribution in [0, 0.1) is 0 Å². The molecule has 0 saturated carbocycles. The first-order valence-corrected chi connectivity index (χ1v) is 10.2. The molecule has 0 aliphatic carbocycles. The van der Waals surface area contributed by atoms with Gasteiger partial charge in [0.1, 0.15) is 0 Å². The molecule has 2 fully saturated rings. The molecule has 0 amide bonds. The molecule has 2 heterocycles. The molecule has 25 heavy (non-hydrogen) atoms. The second-order valence-corrected chi connectivity index (χ2v) is 7.67. The molecule has 1 aromatic rings. The Kier molecular flexibility index (Phi) is 7.74. The fraction of sp³-hybridized carbons (Fsp3) is 0.714. The van der Waals surface area contributed by atoms with Gasteiger partial charge in [-0.05, 0) is 57.3 Å². The molecule has 4 heteroatoms. The summed E-state index contributed by atoms with van der Waals surface area (Å²) >= 11 is 0. The van der Waals surface area contributed by atoms with Gasteiger partial charge >= 0.3 is 0 Å². The molecule has 0 radical (unpaired) electrons. The molecule has 4 nitrogen and oxygen atoms in total. The first kappa shape index (κ1) is 18.8. The largest absolute Gasteiger partial charge is 0.395 e. The first-order chi connectivity index (χ1) is 12.3. The van der Waals surface area contributed by atoms with E-state index in [1.807, 2.05) is 0 Å². The van der Waals surface area contributed by atoms with Crippen molar-refractivity contribution in [1.29, 1.82) is 0 Å². The number of nitrogens with one attached hydrogen (secondary N) is 1. The van der Waals surface area contributed by atoms with Gasteiger partial charge in [0.15, 0.2) is 0 Å². The van der Waals surface area contributed by atoms with Gasteiger partial charge in [0.05, 0.1) is 6.61 Å². The van der Waals surface area contributed by atoms with E-state index in [4.69, 9.17) is 0 Å². The minimum absolute atomic E-state index is 0.319. The Labute approximate surface area is 153 Å². The zero-order chi connectivity index (χ0) is 17.3. The van der Waals surface area contributed by atoms with Crippen molar-refractivity contribution in [3.63, 3.8) is 0 Å². The number of piperidine rings is 2. The Hall–Kier alpha value is -0.940. The van der Waals surface area contributed by atoms with E-state index in [9.17, 15) is 5.11 Å². The van der Waals surface area contributed by atoms with Gasteiger partial charge in [-0.15, -0.1) is 0 Å². The summed E-state index contributed by atoms with van der Waals surface area (Å²) in [4.78, 5) is 5.09. The lowest BCUT2D eigenvalue weighted by atomic mass is 10.0. The van der Waals surface area contributed by atoms with Crippen LogP contribution in [0.5, 0.6) is 0 Å². The Morgan fingerprint density at radius 3 is 2.52 bits per heavy atom. The van der Waals surface area contributed by atoms with Crippen molar-refractivity contribution in [3.8, 4) is 0 Å². The second-order valence-electron chi connectivity index (χ2n) is 7.67. The van der Waals surface area contributed by atoms with Crippen LogP contribution in [0.1, 0.15) is 37.7 Å². The quantitative estimate of drug-likeness (QED) is 0.757. The lowest BCUT2D eigenvalue weighted by Gasteiger charge is -2.36. The second kappa shape index (κ2) is 10.3. The topological polar surface area (TPSA) is 38.7 Å². The van der Waals surface area contributed by atoms with Crippen molar-refractivity contribution in [1.82, 2.24) is 15.1 Å². The monoisotopic (exact) mass is 345 g/mol. The maximum Gasteiger partial charge on any atom is 0.0586 e. The van der Waals surface area contributed by atoms with Crippen molar-refractivity contribution in [3.05, 3.63) is 35.9 Å².